The minimum absolute atomic E-state index is 0.198. The zero-order valence-corrected chi connectivity index (χ0v) is 12.8. The van der Waals surface area contributed by atoms with Crippen molar-refractivity contribution in [2.45, 2.75) is 39.3 Å². The van der Waals surface area contributed by atoms with E-state index < -0.39 is 0 Å². The van der Waals surface area contributed by atoms with Crippen molar-refractivity contribution >= 4 is 11.6 Å². The van der Waals surface area contributed by atoms with Gasteiger partial charge in [-0.1, -0.05) is 11.6 Å². The van der Waals surface area contributed by atoms with Gasteiger partial charge in [-0.3, -0.25) is 0 Å². The molecule has 0 bridgehead atoms. The molecule has 19 heavy (non-hydrogen) atoms. The standard InChI is InChI=1S/C15H24ClFN2/c1-12(2)19(3)9-5-4-8-18-11-13-10-14(16)6-7-15(13)17/h6-7,10,12,18H,4-5,8-9,11H2,1-3H3. The van der Waals surface area contributed by atoms with Gasteiger partial charge in [-0.25, -0.2) is 4.39 Å². The van der Waals surface area contributed by atoms with Gasteiger partial charge in [0, 0.05) is 23.2 Å². The van der Waals surface area contributed by atoms with Gasteiger partial charge in [0.15, 0.2) is 0 Å². The van der Waals surface area contributed by atoms with E-state index in [0.717, 1.165) is 25.9 Å². The molecule has 1 N–H and O–H groups in total. The second-order valence-electron chi connectivity index (χ2n) is 5.19. The number of benzene rings is 1. The first-order valence-corrected chi connectivity index (χ1v) is 7.23. The second-order valence-corrected chi connectivity index (χ2v) is 5.63. The van der Waals surface area contributed by atoms with Crippen LogP contribution in [0.4, 0.5) is 4.39 Å². The Morgan fingerprint density at radius 3 is 2.74 bits per heavy atom. The molecule has 0 aliphatic heterocycles. The van der Waals surface area contributed by atoms with Gasteiger partial charge in [-0.15, -0.1) is 0 Å². The van der Waals surface area contributed by atoms with Crippen LogP contribution in [-0.2, 0) is 6.54 Å². The molecule has 0 atom stereocenters. The first-order chi connectivity index (χ1) is 9.00. The lowest BCUT2D eigenvalue weighted by atomic mass is 10.2. The van der Waals surface area contributed by atoms with Crippen LogP contribution in [0.25, 0.3) is 0 Å². The number of hydrogen-bond donors (Lipinski definition) is 1. The molecule has 0 saturated heterocycles. The molecule has 0 aliphatic carbocycles. The molecule has 0 saturated carbocycles. The van der Waals surface area contributed by atoms with Gasteiger partial charge in [0.1, 0.15) is 5.82 Å². The van der Waals surface area contributed by atoms with E-state index in [-0.39, 0.29) is 5.82 Å². The Balaban J connectivity index is 2.16. The molecule has 0 unspecified atom stereocenters. The third kappa shape index (κ3) is 6.37. The highest BCUT2D eigenvalue weighted by molar-refractivity contribution is 6.30. The van der Waals surface area contributed by atoms with E-state index in [2.05, 4.69) is 31.1 Å². The molecule has 0 aromatic heterocycles. The lowest BCUT2D eigenvalue weighted by Crippen LogP contribution is -2.27. The maximum absolute atomic E-state index is 13.4. The van der Waals surface area contributed by atoms with E-state index in [0.29, 0.717) is 23.2 Å². The van der Waals surface area contributed by atoms with Gasteiger partial charge in [0.25, 0.3) is 0 Å². The average Bonchev–Trinajstić information content (AvgIpc) is 2.37. The van der Waals surface area contributed by atoms with Crippen LogP contribution in [0.5, 0.6) is 0 Å². The molecule has 0 radical (unpaired) electrons. The summed E-state index contributed by atoms with van der Waals surface area (Å²) < 4.78 is 13.4. The monoisotopic (exact) mass is 286 g/mol. The topological polar surface area (TPSA) is 15.3 Å². The van der Waals surface area contributed by atoms with Crippen molar-refractivity contribution in [2.75, 3.05) is 20.1 Å². The predicted octanol–water partition coefficient (Wildman–Crippen LogP) is 3.69. The summed E-state index contributed by atoms with van der Waals surface area (Å²) in [5, 5.41) is 3.84. The third-order valence-corrected chi connectivity index (χ3v) is 3.55. The zero-order chi connectivity index (χ0) is 14.3. The lowest BCUT2D eigenvalue weighted by Gasteiger charge is -2.20. The van der Waals surface area contributed by atoms with E-state index in [4.69, 9.17) is 11.6 Å². The van der Waals surface area contributed by atoms with Crippen molar-refractivity contribution in [3.63, 3.8) is 0 Å². The van der Waals surface area contributed by atoms with Gasteiger partial charge in [-0.2, -0.15) is 0 Å². The maximum atomic E-state index is 13.4. The molecule has 0 aliphatic rings. The summed E-state index contributed by atoms with van der Waals surface area (Å²) in [5.41, 5.74) is 0.631. The Bertz CT molecular complexity index is 382. The number of nitrogens with zero attached hydrogens (tertiary/aromatic N) is 1. The average molecular weight is 287 g/mol. The molecule has 4 heteroatoms. The van der Waals surface area contributed by atoms with Crippen LogP contribution < -0.4 is 5.32 Å². The Hall–Kier alpha value is -0.640. The van der Waals surface area contributed by atoms with E-state index in [1.54, 1.807) is 12.1 Å². The molecule has 108 valence electrons. The summed E-state index contributed by atoms with van der Waals surface area (Å²) in [5.74, 6) is -0.198. The number of unbranched alkanes of at least 4 members (excludes halogenated alkanes) is 1. The third-order valence-electron chi connectivity index (χ3n) is 3.32. The lowest BCUT2D eigenvalue weighted by molar-refractivity contribution is 0.268. The smallest absolute Gasteiger partial charge is 0.127 e. The zero-order valence-electron chi connectivity index (χ0n) is 12.0. The fourth-order valence-electron chi connectivity index (χ4n) is 1.77. The molecule has 2 nitrogen and oxygen atoms in total. The summed E-state index contributed by atoms with van der Waals surface area (Å²) in [6.45, 7) is 6.93. The molecule has 0 fully saturated rings. The summed E-state index contributed by atoms with van der Waals surface area (Å²) >= 11 is 5.84. The highest BCUT2D eigenvalue weighted by atomic mass is 35.5. The molecule has 0 heterocycles. The van der Waals surface area contributed by atoms with Crippen LogP contribution in [-0.4, -0.2) is 31.1 Å². The Morgan fingerprint density at radius 1 is 1.32 bits per heavy atom. The van der Waals surface area contributed by atoms with Gasteiger partial charge >= 0.3 is 0 Å². The molecule has 0 spiro atoms. The Kier molecular flexibility index (Phi) is 7.36. The van der Waals surface area contributed by atoms with E-state index in [1.165, 1.54) is 6.07 Å². The first kappa shape index (κ1) is 16.4. The number of halogens is 2. The molecule has 1 aromatic rings. The molecule has 1 aromatic carbocycles. The molecule has 1 rings (SSSR count). The minimum Gasteiger partial charge on any atom is -0.313 e. The van der Waals surface area contributed by atoms with Crippen LogP contribution in [0.2, 0.25) is 5.02 Å². The minimum atomic E-state index is -0.198. The maximum Gasteiger partial charge on any atom is 0.127 e. The summed E-state index contributed by atoms with van der Waals surface area (Å²) in [6.07, 6.45) is 2.25. The fraction of sp³-hybridized carbons (Fsp3) is 0.600. The van der Waals surface area contributed by atoms with Crippen molar-refractivity contribution in [2.24, 2.45) is 0 Å². The van der Waals surface area contributed by atoms with Crippen LogP contribution >= 0.6 is 11.6 Å². The molecular weight excluding hydrogens is 263 g/mol. The van der Waals surface area contributed by atoms with Crippen molar-refractivity contribution in [3.8, 4) is 0 Å². The number of hydrogen-bond acceptors (Lipinski definition) is 2. The van der Waals surface area contributed by atoms with Gasteiger partial charge in [0.05, 0.1) is 0 Å². The SMILES string of the molecule is CC(C)N(C)CCCCNCc1cc(Cl)ccc1F. The normalized spacial score (nSPS) is 11.5. The molecule has 0 amide bonds. The van der Waals surface area contributed by atoms with Crippen LogP contribution in [0, 0.1) is 5.82 Å². The number of nitrogens with one attached hydrogen (secondary N) is 1. The van der Waals surface area contributed by atoms with Crippen molar-refractivity contribution < 1.29 is 4.39 Å². The van der Waals surface area contributed by atoms with Crippen molar-refractivity contribution in [3.05, 3.63) is 34.6 Å². The first-order valence-electron chi connectivity index (χ1n) is 6.85. The van der Waals surface area contributed by atoms with Crippen LogP contribution in [0.1, 0.15) is 32.3 Å². The number of rotatable bonds is 8. The largest absolute Gasteiger partial charge is 0.313 e. The quantitative estimate of drug-likeness (QED) is 0.733. The highest BCUT2D eigenvalue weighted by Gasteiger charge is 2.03. The van der Waals surface area contributed by atoms with Crippen molar-refractivity contribution in [1.82, 2.24) is 10.2 Å². The van der Waals surface area contributed by atoms with Gasteiger partial charge < -0.3 is 10.2 Å². The summed E-state index contributed by atoms with van der Waals surface area (Å²) in [4.78, 5) is 2.33. The van der Waals surface area contributed by atoms with Crippen LogP contribution in [0.3, 0.4) is 0 Å². The predicted molar refractivity (Wildman–Crippen MR) is 80.1 cm³/mol. The summed E-state index contributed by atoms with van der Waals surface area (Å²) in [7, 11) is 2.14. The van der Waals surface area contributed by atoms with Crippen molar-refractivity contribution in [1.29, 1.82) is 0 Å². The van der Waals surface area contributed by atoms with Crippen LogP contribution in [0.15, 0.2) is 18.2 Å². The highest BCUT2D eigenvalue weighted by Crippen LogP contribution is 2.14. The van der Waals surface area contributed by atoms with Gasteiger partial charge in [-0.05, 0) is 65.0 Å². The molecular formula is C15H24ClFN2. The van der Waals surface area contributed by atoms with E-state index in [9.17, 15) is 4.39 Å². The fourth-order valence-corrected chi connectivity index (χ4v) is 1.97. The van der Waals surface area contributed by atoms with E-state index in [1.807, 2.05) is 0 Å². The Labute approximate surface area is 120 Å². The van der Waals surface area contributed by atoms with Gasteiger partial charge in [0.2, 0.25) is 0 Å². The van der Waals surface area contributed by atoms with E-state index >= 15 is 0 Å². The summed E-state index contributed by atoms with van der Waals surface area (Å²) in [6, 6.07) is 5.25. The Morgan fingerprint density at radius 2 is 2.05 bits per heavy atom. The second kappa shape index (κ2) is 8.51.